The lowest BCUT2D eigenvalue weighted by Gasteiger charge is -2.33. The molecule has 3 aromatic carbocycles. The van der Waals surface area contributed by atoms with Gasteiger partial charge in [0.25, 0.3) is 10.0 Å². The van der Waals surface area contributed by atoms with E-state index in [4.69, 9.17) is 9.84 Å². The highest BCUT2D eigenvalue weighted by atomic mass is 32.2. The van der Waals surface area contributed by atoms with E-state index in [0.29, 0.717) is 31.6 Å². The van der Waals surface area contributed by atoms with E-state index >= 15 is 0 Å². The van der Waals surface area contributed by atoms with Gasteiger partial charge in [-0.05, 0) is 58.2 Å². The summed E-state index contributed by atoms with van der Waals surface area (Å²) in [7, 11) is -4.01. The van der Waals surface area contributed by atoms with Crippen molar-refractivity contribution < 1.29 is 17.9 Å². The first-order valence-corrected chi connectivity index (χ1v) is 15.0. The number of aryl methyl sites for hydroxylation is 1. The minimum absolute atomic E-state index is 0.0363. The molecule has 8 heteroatoms. The summed E-state index contributed by atoms with van der Waals surface area (Å²) < 4.78 is 35.0. The minimum Gasteiger partial charge on any atom is -0.444 e. The molecule has 208 valence electrons. The van der Waals surface area contributed by atoms with Crippen molar-refractivity contribution in [1.29, 1.82) is 0 Å². The van der Waals surface area contributed by atoms with Crippen LogP contribution in [0.3, 0.4) is 0 Å². The third kappa shape index (κ3) is 5.68. The number of ether oxygens (including phenoxy) is 1. The van der Waals surface area contributed by atoms with Crippen LogP contribution in [0.15, 0.2) is 89.8 Å². The van der Waals surface area contributed by atoms with E-state index in [2.05, 4.69) is 0 Å². The van der Waals surface area contributed by atoms with E-state index in [9.17, 15) is 13.2 Å². The second-order valence-corrected chi connectivity index (χ2v) is 13.0. The molecule has 0 spiro atoms. The van der Waals surface area contributed by atoms with Crippen LogP contribution in [0.2, 0.25) is 0 Å². The van der Waals surface area contributed by atoms with Gasteiger partial charge in [-0.15, -0.1) is 0 Å². The van der Waals surface area contributed by atoms with E-state index in [1.807, 2.05) is 88.4 Å². The van der Waals surface area contributed by atoms with Gasteiger partial charge in [-0.3, -0.25) is 0 Å². The van der Waals surface area contributed by atoms with Crippen molar-refractivity contribution in [2.45, 2.75) is 57.0 Å². The Morgan fingerprint density at radius 3 is 1.95 bits per heavy atom. The summed E-state index contributed by atoms with van der Waals surface area (Å²) in [6, 6.07) is 26.2. The molecule has 40 heavy (non-hydrogen) atoms. The SMILES string of the molecule is Cc1ccc(S(=O)(=O)n2nc(C3CCN(C(=O)OC(C)(C)C)CC3)c(-c3ccccc3)c2-c2ccccc2)cc1. The lowest BCUT2D eigenvalue weighted by molar-refractivity contribution is 0.0204. The molecule has 2 heterocycles. The number of likely N-dealkylation sites (tertiary alicyclic amines) is 1. The smallest absolute Gasteiger partial charge is 0.410 e. The minimum atomic E-state index is -4.01. The Balaban J connectivity index is 1.64. The van der Waals surface area contributed by atoms with Gasteiger partial charge in [0, 0.05) is 30.1 Å². The quantitative estimate of drug-likeness (QED) is 0.267. The molecule has 4 aromatic rings. The number of carbonyl (C=O) groups is 1. The summed E-state index contributed by atoms with van der Waals surface area (Å²) in [6.45, 7) is 8.51. The first-order valence-electron chi connectivity index (χ1n) is 13.6. The maximum Gasteiger partial charge on any atom is 0.410 e. The molecule has 0 N–H and O–H groups in total. The first kappa shape index (κ1) is 27.6. The molecule has 1 saturated heterocycles. The maximum atomic E-state index is 14.1. The summed E-state index contributed by atoms with van der Waals surface area (Å²) in [5, 5.41) is 4.88. The molecule has 0 saturated carbocycles. The monoisotopic (exact) mass is 557 g/mol. The average molecular weight is 558 g/mol. The third-order valence-corrected chi connectivity index (χ3v) is 8.66. The predicted molar refractivity (Wildman–Crippen MR) is 157 cm³/mol. The molecule has 0 radical (unpaired) electrons. The van der Waals surface area contributed by atoms with Crippen molar-refractivity contribution in [3.05, 3.63) is 96.2 Å². The zero-order valence-corrected chi connectivity index (χ0v) is 24.2. The van der Waals surface area contributed by atoms with Gasteiger partial charge < -0.3 is 9.64 Å². The highest BCUT2D eigenvalue weighted by Crippen LogP contribution is 2.42. The van der Waals surface area contributed by atoms with Gasteiger partial charge in [0.2, 0.25) is 0 Å². The number of benzene rings is 3. The lowest BCUT2D eigenvalue weighted by Crippen LogP contribution is -2.41. The van der Waals surface area contributed by atoms with Crippen LogP contribution in [0.4, 0.5) is 4.79 Å². The topological polar surface area (TPSA) is 81.5 Å². The number of amides is 1. The van der Waals surface area contributed by atoms with Crippen molar-refractivity contribution in [2.24, 2.45) is 0 Å². The molecule has 7 nitrogen and oxygen atoms in total. The number of carbonyl (C=O) groups excluding carboxylic acids is 1. The fourth-order valence-corrected chi connectivity index (χ4v) is 6.40. The van der Waals surface area contributed by atoms with Gasteiger partial charge in [-0.1, -0.05) is 78.4 Å². The number of nitrogens with zero attached hydrogens (tertiary/aromatic N) is 3. The van der Waals surface area contributed by atoms with E-state index in [-0.39, 0.29) is 16.9 Å². The molecule has 1 fully saturated rings. The highest BCUT2D eigenvalue weighted by molar-refractivity contribution is 7.90. The number of rotatable bonds is 5. The van der Waals surface area contributed by atoms with Crippen molar-refractivity contribution in [1.82, 2.24) is 14.1 Å². The molecule has 1 aromatic heterocycles. The standard InChI is InChI=1S/C32H35N3O4S/c1-23-15-17-27(18-16-23)40(37,38)35-30(26-13-9-6-10-14-26)28(24-11-7-5-8-12-24)29(33-35)25-19-21-34(22-20-25)31(36)39-32(2,3)4/h5-18,25H,19-22H2,1-4H3. The molecule has 1 aliphatic rings. The summed E-state index contributed by atoms with van der Waals surface area (Å²) in [6.07, 6.45) is 0.968. The fraction of sp³-hybridized carbons (Fsp3) is 0.312. The van der Waals surface area contributed by atoms with Crippen LogP contribution < -0.4 is 0 Å². The van der Waals surface area contributed by atoms with Crippen LogP contribution in [0.5, 0.6) is 0 Å². The summed E-state index contributed by atoms with van der Waals surface area (Å²) >= 11 is 0. The Morgan fingerprint density at radius 2 is 1.40 bits per heavy atom. The second-order valence-electron chi connectivity index (χ2n) is 11.2. The number of hydrogen-bond acceptors (Lipinski definition) is 5. The van der Waals surface area contributed by atoms with Gasteiger partial charge >= 0.3 is 6.09 Å². The van der Waals surface area contributed by atoms with Crippen LogP contribution in [-0.2, 0) is 14.8 Å². The summed E-state index contributed by atoms with van der Waals surface area (Å²) in [5.41, 5.74) is 4.14. The largest absolute Gasteiger partial charge is 0.444 e. The molecule has 0 bridgehead atoms. The van der Waals surface area contributed by atoms with Crippen molar-refractivity contribution in [3.8, 4) is 22.4 Å². The Hall–Kier alpha value is -3.91. The molecule has 0 aliphatic carbocycles. The molecule has 0 unspecified atom stereocenters. The molecule has 0 atom stereocenters. The van der Waals surface area contributed by atoms with Crippen LogP contribution >= 0.6 is 0 Å². The van der Waals surface area contributed by atoms with Crippen LogP contribution in [0.1, 0.15) is 50.8 Å². The summed E-state index contributed by atoms with van der Waals surface area (Å²) in [4.78, 5) is 14.6. The van der Waals surface area contributed by atoms with Gasteiger partial charge in [0.1, 0.15) is 5.60 Å². The molecular formula is C32H35N3O4S. The van der Waals surface area contributed by atoms with Crippen LogP contribution in [0, 0.1) is 6.92 Å². The second kappa shape index (κ2) is 10.9. The van der Waals surface area contributed by atoms with Crippen molar-refractivity contribution in [2.75, 3.05) is 13.1 Å². The average Bonchev–Trinajstić information content (AvgIpc) is 3.35. The van der Waals surface area contributed by atoms with Gasteiger partial charge in [-0.25, -0.2) is 4.79 Å². The van der Waals surface area contributed by atoms with E-state index in [0.717, 1.165) is 27.9 Å². The van der Waals surface area contributed by atoms with E-state index in [1.165, 1.54) is 4.09 Å². The predicted octanol–water partition coefficient (Wildman–Crippen LogP) is 6.88. The van der Waals surface area contributed by atoms with E-state index < -0.39 is 15.6 Å². The van der Waals surface area contributed by atoms with E-state index in [1.54, 1.807) is 29.2 Å². The molecule has 1 aliphatic heterocycles. The molecule has 1 amide bonds. The highest BCUT2D eigenvalue weighted by Gasteiger charge is 2.34. The Kier molecular flexibility index (Phi) is 7.55. The third-order valence-electron chi connectivity index (χ3n) is 7.07. The van der Waals surface area contributed by atoms with Gasteiger partial charge in [-0.2, -0.15) is 17.6 Å². The van der Waals surface area contributed by atoms with Gasteiger partial charge in [0.05, 0.1) is 16.3 Å². The zero-order chi connectivity index (χ0) is 28.5. The Bertz CT molecular complexity index is 1580. The number of aromatic nitrogens is 2. The van der Waals surface area contributed by atoms with Gasteiger partial charge in [0.15, 0.2) is 0 Å². The zero-order valence-electron chi connectivity index (χ0n) is 23.4. The molecular weight excluding hydrogens is 522 g/mol. The van der Waals surface area contributed by atoms with Crippen LogP contribution in [0.25, 0.3) is 22.4 Å². The molecule has 5 rings (SSSR count). The fourth-order valence-electron chi connectivity index (χ4n) is 5.09. The number of hydrogen-bond donors (Lipinski definition) is 0. The Morgan fingerprint density at radius 1 is 0.850 bits per heavy atom. The maximum absolute atomic E-state index is 14.1. The van der Waals surface area contributed by atoms with Crippen molar-refractivity contribution >= 4 is 16.1 Å². The Labute approximate surface area is 236 Å². The first-order chi connectivity index (χ1) is 19.0. The summed E-state index contributed by atoms with van der Waals surface area (Å²) in [5.74, 6) is -0.0363. The van der Waals surface area contributed by atoms with Crippen LogP contribution in [-0.4, -0.2) is 47.3 Å². The number of piperidine rings is 1. The lowest BCUT2D eigenvalue weighted by atomic mass is 9.87. The normalized spacial score (nSPS) is 14.8. The van der Waals surface area contributed by atoms with Crippen molar-refractivity contribution in [3.63, 3.8) is 0 Å².